The van der Waals surface area contributed by atoms with Crippen LogP contribution in [-0.2, 0) is 0 Å². The Hall–Kier alpha value is -1.09. The summed E-state index contributed by atoms with van der Waals surface area (Å²) in [4.78, 5) is 4.35. The van der Waals surface area contributed by atoms with Gasteiger partial charge in [0.1, 0.15) is 5.75 Å². The van der Waals surface area contributed by atoms with Gasteiger partial charge < -0.3 is 10.1 Å². The fourth-order valence-electron chi connectivity index (χ4n) is 3.32. The highest BCUT2D eigenvalue weighted by atomic mass is 16.5. The van der Waals surface area contributed by atoms with E-state index in [1.165, 1.54) is 50.5 Å². The lowest BCUT2D eigenvalue weighted by atomic mass is 9.90. The fourth-order valence-corrected chi connectivity index (χ4v) is 3.32. The highest BCUT2D eigenvalue weighted by Crippen LogP contribution is 2.31. The number of ether oxygens (including phenoxy) is 1. The molecule has 1 fully saturated rings. The fraction of sp³-hybridized carbons (Fsp3) is 0.722. The quantitative estimate of drug-likeness (QED) is 0.784. The summed E-state index contributed by atoms with van der Waals surface area (Å²) in [5.41, 5.74) is 1.25. The zero-order valence-electron chi connectivity index (χ0n) is 13.8. The van der Waals surface area contributed by atoms with Crippen molar-refractivity contribution in [2.45, 2.75) is 70.9 Å². The lowest BCUT2D eigenvalue weighted by Gasteiger charge is -2.23. The van der Waals surface area contributed by atoms with E-state index in [4.69, 9.17) is 4.74 Å². The van der Waals surface area contributed by atoms with Gasteiger partial charge in [0.05, 0.1) is 12.3 Å². The van der Waals surface area contributed by atoms with Crippen LogP contribution >= 0.6 is 0 Å². The molecule has 1 saturated carbocycles. The molecule has 0 amide bonds. The van der Waals surface area contributed by atoms with Gasteiger partial charge >= 0.3 is 0 Å². The monoisotopic (exact) mass is 290 g/mol. The van der Waals surface area contributed by atoms with Crippen LogP contribution in [0.1, 0.15) is 70.4 Å². The van der Waals surface area contributed by atoms with Crippen molar-refractivity contribution < 1.29 is 4.74 Å². The summed E-state index contributed by atoms with van der Waals surface area (Å²) in [6.45, 7) is 4.10. The number of nitrogens with one attached hydrogen (secondary N) is 1. The maximum atomic E-state index is 5.77. The Morgan fingerprint density at radius 2 is 1.90 bits per heavy atom. The van der Waals surface area contributed by atoms with Crippen molar-refractivity contribution in [1.29, 1.82) is 0 Å². The Kier molecular flexibility index (Phi) is 6.50. The first kappa shape index (κ1) is 16.3. The van der Waals surface area contributed by atoms with Gasteiger partial charge in [-0.05, 0) is 44.9 Å². The summed E-state index contributed by atoms with van der Waals surface area (Å²) in [6.07, 6.45) is 13.6. The number of pyridine rings is 1. The molecular weight excluding hydrogens is 260 g/mol. The zero-order chi connectivity index (χ0) is 15.1. The molecule has 21 heavy (non-hydrogen) atoms. The second kappa shape index (κ2) is 8.38. The van der Waals surface area contributed by atoms with Gasteiger partial charge in [0.2, 0.25) is 0 Å². The van der Waals surface area contributed by atoms with Gasteiger partial charge in [-0.2, -0.15) is 0 Å². The van der Waals surface area contributed by atoms with Gasteiger partial charge in [-0.25, -0.2) is 0 Å². The van der Waals surface area contributed by atoms with E-state index in [0.29, 0.717) is 6.04 Å². The van der Waals surface area contributed by atoms with Crippen LogP contribution in [0.15, 0.2) is 18.5 Å². The summed E-state index contributed by atoms with van der Waals surface area (Å²) in [5.74, 6) is 1.73. The molecule has 1 aromatic rings. The summed E-state index contributed by atoms with van der Waals surface area (Å²) < 4.78 is 5.77. The second-order valence-electron chi connectivity index (χ2n) is 6.56. The molecule has 1 unspecified atom stereocenters. The third-order valence-electron chi connectivity index (χ3n) is 4.40. The predicted molar refractivity (Wildman–Crippen MR) is 87.6 cm³/mol. The first-order valence-corrected chi connectivity index (χ1v) is 8.48. The molecule has 0 radical (unpaired) electrons. The van der Waals surface area contributed by atoms with Crippen molar-refractivity contribution in [3.05, 3.63) is 24.0 Å². The van der Waals surface area contributed by atoms with Gasteiger partial charge in [0, 0.05) is 12.2 Å². The smallest absolute Gasteiger partial charge is 0.138 e. The molecular formula is C18H30N2O. The van der Waals surface area contributed by atoms with Crippen LogP contribution in [0.2, 0.25) is 0 Å². The normalized spacial score (nSPS) is 18.5. The van der Waals surface area contributed by atoms with E-state index in [1.54, 1.807) is 0 Å². The van der Waals surface area contributed by atoms with Crippen LogP contribution in [0, 0.1) is 5.92 Å². The van der Waals surface area contributed by atoms with E-state index in [2.05, 4.69) is 23.4 Å². The van der Waals surface area contributed by atoms with Crippen molar-refractivity contribution in [3.8, 4) is 5.75 Å². The van der Waals surface area contributed by atoms with Crippen molar-refractivity contribution >= 4 is 0 Å². The summed E-state index contributed by atoms with van der Waals surface area (Å²) in [6, 6.07) is 2.53. The molecule has 1 heterocycles. The first-order valence-electron chi connectivity index (χ1n) is 8.48. The lowest BCUT2D eigenvalue weighted by molar-refractivity contribution is 0.241. The van der Waals surface area contributed by atoms with Crippen molar-refractivity contribution in [2.75, 3.05) is 7.05 Å². The van der Waals surface area contributed by atoms with E-state index in [1.807, 2.05) is 26.2 Å². The lowest BCUT2D eigenvalue weighted by Crippen LogP contribution is -2.20. The molecule has 1 aliphatic carbocycles. The van der Waals surface area contributed by atoms with Gasteiger partial charge in [-0.1, -0.05) is 38.5 Å². The van der Waals surface area contributed by atoms with E-state index < -0.39 is 0 Å². The van der Waals surface area contributed by atoms with E-state index in [0.717, 1.165) is 11.7 Å². The number of nitrogens with zero attached hydrogens (tertiary/aromatic N) is 1. The summed E-state index contributed by atoms with van der Waals surface area (Å²) in [7, 11) is 2.05. The molecule has 1 aliphatic rings. The van der Waals surface area contributed by atoms with Crippen LogP contribution in [0.25, 0.3) is 0 Å². The summed E-state index contributed by atoms with van der Waals surface area (Å²) >= 11 is 0. The Balaban J connectivity index is 2.02. The van der Waals surface area contributed by atoms with E-state index in [-0.39, 0.29) is 6.10 Å². The number of hydrogen-bond acceptors (Lipinski definition) is 3. The van der Waals surface area contributed by atoms with Crippen molar-refractivity contribution in [3.63, 3.8) is 0 Å². The minimum absolute atomic E-state index is 0.192. The van der Waals surface area contributed by atoms with Crippen molar-refractivity contribution in [2.24, 2.45) is 5.92 Å². The Labute approximate surface area is 129 Å². The van der Waals surface area contributed by atoms with Crippen LogP contribution in [0.5, 0.6) is 5.75 Å². The maximum absolute atomic E-state index is 5.77. The highest BCUT2D eigenvalue weighted by Gasteiger charge is 2.19. The third kappa shape index (κ3) is 5.31. The molecule has 0 aromatic carbocycles. The van der Waals surface area contributed by atoms with Gasteiger partial charge in [0.15, 0.2) is 0 Å². The van der Waals surface area contributed by atoms with Crippen LogP contribution in [-0.4, -0.2) is 18.1 Å². The topological polar surface area (TPSA) is 34.2 Å². The van der Waals surface area contributed by atoms with Gasteiger partial charge in [0.25, 0.3) is 0 Å². The number of hydrogen-bond donors (Lipinski definition) is 1. The molecule has 0 bridgehead atoms. The van der Waals surface area contributed by atoms with E-state index >= 15 is 0 Å². The molecule has 2 rings (SSSR count). The average molecular weight is 290 g/mol. The van der Waals surface area contributed by atoms with Crippen LogP contribution in [0.4, 0.5) is 0 Å². The molecule has 3 nitrogen and oxygen atoms in total. The Bertz CT molecular complexity index is 411. The zero-order valence-corrected chi connectivity index (χ0v) is 13.8. The standard InChI is InChI=1S/C18H30N2O/c1-14(2)21-17-11-16(12-20-13-17)18(19-3)10-15-8-6-4-5-7-9-15/h11-15,18-19H,4-10H2,1-3H3. The average Bonchev–Trinajstić information content (AvgIpc) is 2.73. The van der Waals surface area contributed by atoms with Crippen molar-refractivity contribution in [1.82, 2.24) is 10.3 Å². The molecule has 0 saturated heterocycles. The highest BCUT2D eigenvalue weighted by molar-refractivity contribution is 5.26. The minimum Gasteiger partial charge on any atom is -0.489 e. The molecule has 3 heteroatoms. The number of aromatic nitrogens is 1. The van der Waals surface area contributed by atoms with Gasteiger partial charge in [-0.15, -0.1) is 0 Å². The minimum atomic E-state index is 0.192. The number of rotatable bonds is 6. The van der Waals surface area contributed by atoms with Crippen LogP contribution < -0.4 is 10.1 Å². The SMILES string of the molecule is CNC(CC1CCCCCC1)c1cncc(OC(C)C)c1. The van der Waals surface area contributed by atoms with Crippen LogP contribution in [0.3, 0.4) is 0 Å². The molecule has 1 aromatic heterocycles. The molecule has 1 N–H and O–H groups in total. The van der Waals surface area contributed by atoms with E-state index in [9.17, 15) is 0 Å². The van der Waals surface area contributed by atoms with Gasteiger partial charge in [-0.3, -0.25) is 4.98 Å². The molecule has 118 valence electrons. The second-order valence-corrected chi connectivity index (χ2v) is 6.56. The maximum Gasteiger partial charge on any atom is 0.138 e. The predicted octanol–water partition coefficient (Wildman–Crippen LogP) is 4.49. The largest absolute Gasteiger partial charge is 0.489 e. The molecule has 0 aliphatic heterocycles. The molecule has 1 atom stereocenters. The summed E-state index contributed by atoms with van der Waals surface area (Å²) in [5, 5.41) is 3.47. The first-order chi connectivity index (χ1) is 10.2. The molecule has 0 spiro atoms. The third-order valence-corrected chi connectivity index (χ3v) is 4.40. The Morgan fingerprint density at radius 1 is 1.19 bits per heavy atom. The Morgan fingerprint density at radius 3 is 2.52 bits per heavy atom.